The molecule has 0 spiro atoms. The molecule has 7 nitrogen and oxygen atoms in total. The minimum absolute atomic E-state index is 0.233. The van der Waals surface area contributed by atoms with Gasteiger partial charge in [0.15, 0.2) is 12.0 Å². The van der Waals surface area contributed by atoms with Crippen molar-refractivity contribution in [1.29, 1.82) is 0 Å². The van der Waals surface area contributed by atoms with Crippen molar-refractivity contribution in [2.75, 3.05) is 13.7 Å². The molecule has 170 valence electrons. The normalized spacial score (nSPS) is 20.4. The maximum atomic E-state index is 12.8. The second kappa shape index (κ2) is 9.72. The topological polar surface area (TPSA) is 99.7 Å². The van der Waals surface area contributed by atoms with Crippen molar-refractivity contribution in [2.24, 2.45) is 5.92 Å². The first-order valence-electron chi connectivity index (χ1n) is 10.2. The predicted molar refractivity (Wildman–Crippen MR) is 104 cm³/mol. The van der Waals surface area contributed by atoms with Crippen LogP contribution in [0.5, 0.6) is 0 Å². The molecular weight excluding hydrogens is 403 g/mol. The number of amides is 2. The number of aliphatic hydroxyl groups excluding tert-OH is 1. The van der Waals surface area contributed by atoms with Gasteiger partial charge in [0, 0.05) is 19.0 Å². The lowest BCUT2D eigenvalue weighted by Gasteiger charge is -2.33. The number of aliphatic hydroxyl groups is 1. The fourth-order valence-electron chi connectivity index (χ4n) is 3.34. The van der Waals surface area contributed by atoms with Gasteiger partial charge in [-0.15, -0.1) is 0 Å². The monoisotopic (exact) mass is 433 g/mol. The summed E-state index contributed by atoms with van der Waals surface area (Å²) in [7, 11) is 1.50. The number of rotatable bonds is 10. The van der Waals surface area contributed by atoms with Crippen LogP contribution in [0.15, 0.2) is 23.6 Å². The highest BCUT2D eigenvalue weighted by Crippen LogP contribution is 2.39. The van der Waals surface area contributed by atoms with Crippen molar-refractivity contribution in [3.8, 4) is 0 Å². The van der Waals surface area contributed by atoms with Crippen LogP contribution in [0, 0.1) is 5.92 Å². The van der Waals surface area contributed by atoms with Crippen molar-refractivity contribution < 1.29 is 32.6 Å². The molecule has 1 aliphatic carbocycles. The van der Waals surface area contributed by atoms with E-state index in [4.69, 9.17) is 9.84 Å². The van der Waals surface area contributed by atoms with Gasteiger partial charge in [-0.1, -0.05) is 26.0 Å². The summed E-state index contributed by atoms with van der Waals surface area (Å²) in [5.41, 5.74) is -0.260. The molecule has 2 atom stereocenters. The number of carbonyl (C=O) groups excluding carboxylic acids is 2. The van der Waals surface area contributed by atoms with E-state index >= 15 is 0 Å². The number of alkyl halides is 3. The number of nitrogens with one attached hydrogen (secondary N) is 3. The highest BCUT2D eigenvalue weighted by atomic mass is 19.4. The summed E-state index contributed by atoms with van der Waals surface area (Å²) in [6.45, 7) is 3.25. The Hall–Kier alpha value is -2.23. The van der Waals surface area contributed by atoms with E-state index in [9.17, 15) is 22.8 Å². The van der Waals surface area contributed by atoms with Crippen LogP contribution in [0.4, 0.5) is 13.2 Å². The van der Waals surface area contributed by atoms with Crippen molar-refractivity contribution in [1.82, 2.24) is 16.0 Å². The van der Waals surface area contributed by atoms with Crippen LogP contribution in [0.3, 0.4) is 0 Å². The summed E-state index contributed by atoms with van der Waals surface area (Å²) >= 11 is 0. The predicted octanol–water partition coefficient (Wildman–Crippen LogP) is 1.89. The van der Waals surface area contributed by atoms with Gasteiger partial charge in [-0.3, -0.25) is 9.59 Å². The molecule has 0 aromatic rings. The van der Waals surface area contributed by atoms with Gasteiger partial charge in [0.05, 0.1) is 6.61 Å². The van der Waals surface area contributed by atoms with Crippen molar-refractivity contribution in [2.45, 2.75) is 69.8 Å². The van der Waals surface area contributed by atoms with Crippen LogP contribution >= 0.6 is 0 Å². The van der Waals surface area contributed by atoms with E-state index < -0.39 is 36.2 Å². The average molecular weight is 433 g/mol. The molecule has 0 bridgehead atoms. The lowest BCUT2D eigenvalue weighted by molar-refractivity contribution is -0.207. The number of ether oxygens (including phenoxy) is 1. The van der Waals surface area contributed by atoms with E-state index in [0.29, 0.717) is 12.8 Å². The first-order valence-corrected chi connectivity index (χ1v) is 10.2. The van der Waals surface area contributed by atoms with Crippen LogP contribution in [-0.4, -0.2) is 54.4 Å². The van der Waals surface area contributed by atoms with Crippen LogP contribution in [0.25, 0.3) is 0 Å². The lowest BCUT2D eigenvalue weighted by Crippen LogP contribution is -2.60. The first-order chi connectivity index (χ1) is 14.1. The Morgan fingerprint density at radius 3 is 2.43 bits per heavy atom. The number of hydrogen-bond donors (Lipinski definition) is 4. The van der Waals surface area contributed by atoms with Gasteiger partial charge in [-0.2, -0.15) is 13.2 Å². The van der Waals surface area contributed by atoms with E-state index in [-0.39, 0.29) is 24.3 Å². The Balaban J connectivity index is 2.06. The Labute approximate surface area is 174 Å². The zero-order valence-corrected chi connectivity index (χ0v) is 17.4. The van der Waals surface area contributed by atoms with Crippen LogP contribution in [0.2, 0.25) is 0 Å². The summed E-state index contributed by atoms with van der Waals surface area (Å²) in [6.07, 6.45) is -1.73. The van der Waals surface area contributed by atoms with Gasteiger partial charge >= 0.3 is 6.18 Å². The van der Waals surface area contributed by atoms with Gasteiger partial charge in [-0.05, 0) is 31.6 Å². The zero-order chi connectivity index (χ0) is 22.5. The Morgan fingerprint density at radius 2 is 1.93 bits per heavy atom. The second-order valence-electron chi connectivity index (χ2n) is 7.59. The van der Waals surface area contributed by atoms with Crippen LogP contribution in [0.1, 0.15) is 46.0 Å². The molecule has 4 N–H and O–H groups in total. The molecule has 0 aromatic heterocycles. The van der Waals surface area contributed by atoms with Crippen molar-refractivity contribution in [3.63, 3.8) is 0 Å². The third-order valence-corrected chi connectivity index (χ3v) is 5.56. The molecule has 2 aliphatic rings. The summed E-state index contributed by atoms with van der Waals surface area (Å²) in [4.78, 5) is 25.1. The molecule has 0 aromatic carbocycles. The molecule has 0 saturated heterocycles. The molecule has 2 amide bonds. The first kappa shape index (κ1) is 24.0. The third-order valence-electron chi connectivity index (χ3n) is 5.56. The summed E-state index contributed by atoms with van der Waals surface area (Å²) in [5, 5.41) is 17.4. The maximum Gasteiger partial charge on any atom is 0.414 e. The second-order valence-corrected chi connectivity index (χ2v) is 7.59. The van der Waals surface area contributed by atoms with Gasteiger partial charge in [0.2, 0.25) is 11.8 Å². The number of halogens is 3. The molecule has 2 rings (SSSR count). The maximum absolute atomic E-state index is 12.8. The van der Waals surface area contributed by atoms with E-state index in [2.05, 4.69) is 16.0 Å². The molecule has 1 fully saturated rings. The molecule has 1 aliphatic heterocycles. The molecule has 0 radical (unpaired) electrons. The molecule has 30 heavy (non-hydrogen) atoms. The van der Waals surface area contributed by atoms with Gasteiger partial charge in [-0.25, -0.2) is 0 Å². The highest BCUT2D eigenvalue weighted by Gasteiger charge is 2.40. The van der Waals surface area contributed by atoms with Crippen molar-refractivity contribution >= 4 is 11.8 Å². The Bertz CT molecular complexity index is 698. The van der Waals surface area contributed by atoms with Gasteiger partial charge in [0.25, 0.3) is 0 Å². The van der Waals surface area contributed by atoms with Crippen molar-refractivity contribution in [3.05, 3.63) is 23.6 Å². The molecule has 1 saturated carbocycles. The highest BCUT2D eigenvalue weighted by molar-refractivity contribution is 5.93. The number of hydrogen-bond acceptors (Lipinski definition) is 5. The fourth-order valence-corrected chi connectivity index (χ4v) is 3.34. The number of likely N-dealkylation sites (N-methyl/N-ethyl adjacent to an activating group) is 1. The minimum Gasteiger partial charge on any atom is -0.479 e. The lowest BCUT2D eigenvalue weighted by atomic mass is 9.91. The fraction of sp³-hybridized carbons (Fsp3) is 0.700. The summed E-state index contributed by atoms with van der Waals surface area (Å²) in [5.74, 6) is -0.262. The van der Waals surface area contributed by atoms with Crippen LogP contribution in [-0.2, 0) is 14.3 Å². The third kappa shape index (κ3) is 5.68. The molecule has 1 unspecified atom stereocenters. The summed E-state index contributed by atoms with van der Waals surface area (Å²) < 4.78 is 43.0. The number of carbonyl (C=O) groups is 2. The van der Waals surface area contributed by atoms with Gasteiger partial charge < -0.3 is 25.8 Å². The Kier molecular flexibility index (Phi) is 7.79. The molecule has 1 heterocycles. The SMILES string of the molecule is CCC(CC)(NC(=O)C1C=CC(C2CC2)=C(OCC[C@@H](O)C(F)(F)F)N1)C(=O)NC. The minimum atomic E-state index is -4.71. The average Bonchev–Trinajstić information content (AvgIpc) is 3.55. The van der Waals surface area contributed by atoms with Crippen LogP contribution < -0.4 is 16.0 Å². The zero-order valence-electron chi connectivity index (χ0n) is 17.4. The largest absolute Gasteiger partial charge is 0.479 e. The standard InChI is InChI=1S/C20H30F3N3O4/c1-4-19(5-2,18(29)24-3)26-16(28)14-9-8-13(12-6-7-12)17(25-14)30-11-10-15(27)20(21,22)23/h8-9,12,14-15,25,27H,4-7,10-11H2,1-3H3,(H,24,29)(H,26,28)/t14?,15-/m1/s1. The Morgan fingerprint density at radius 1 is 1.30 bits per heavy atom. The number of dihydropyridines is 1. The quantitative estimate of drug-likeness (QED) is 0.422. The van der Waals surface area contributed by atoms with E-state index in [1.807, 2.05) is 0 Å². The van der Waals surface area contributed by atoms with Gasteiger partial charge in [0.1, 0.15) is 11.6 Å². The number of allylic oxidation sites excluding steroid dienone is 2. The molecule has 10 heteroatoms. The van der Waals surface area contributed by atoms with E-state index in [1.165, 1.54) is 7.05 Å². The van der Waals surface area contributed by atoms with E-state index in [1.54, 1.807) is 26.0 Å². The van der Waals surface area contributed by atoms with E-state index in [0.717, 1.165) is 18.4 Å². The molecular formula is C20H30F3N3O4. The summed E-state index contributed by atoms with van der Waals surface area (Å²) in [6, 6.07) is -0.836. The smallest absolute Gasteiger partial charge is 0.414 e.